The molecule has 1 nitrogen and oxygen atoms in total. The summed E-state index contributed by atoms with van der Waals surface area (Å²) in [6, 6.07) is 39.8. The molecule has 0 radical (unpaired) electrons. The van der Waals surface area contributed by atoms with Crippen molar-refractivity contribution >= 4 is 75.8 Å². The van der Waals surface area contributed by atoms with Crippen molar-refractivity contribution in [2.24, 2.45) is 0 Å². The lowest BCUT2D eigenvalue weighted by atomic mass is 9.84. The van der Waals surface area contributed by atoms with Crippen molar-refractivity contribution in [3.05, 3.63) is 182 Å². The van der Waals surface area contributed by atoms with Crippen molar-refractivity contribution in [1.29, 1.82) is 0 Å². The van der Waals surface area contributed by atoms with Crippen LogP contribution in [0, 0.1) is 0 Å². The van der Waals surface area contributed by atoms with Crippen LogP contribution < -0.4 is 0 Å². The highest BCUT2D eigenvalue weighted by Crippen LogP contribution is 2.47. The number of fused-ring (bicyclic) bond motifs is 9. The summed E-state index contributed by atoms with van der Waals surface area (Å²) in [5, 5.41) is 8.23. The van der Waals surface area contributed by atoms with Crippen LogP contribution in [0.1, 0.15) is 12.3 Å². The zero-order valence-electron chi connectivity index (χ0n) is 36.0. The maximum absolute atomic E-state index is 9.39. The number of rotatable bonds is 3. The average molecular weight is 656 g/mol. The molecule has 1 aromatic heterocycles. The van der Waals surface area contributed by atoms with Gasteiger partial charge in [-0.25, -0.2) is 0 Å². The van der Waals surface area contributed by atoms with Crippen LogP contribution in [0.2, 0.25) is 0 Å². The Morgan fingerprint density at radius 2 is 1.02 bits per heavy atom. The Morgan fingerprint density at radius 1 is 0.373 bits per heavy atom. The monoisotopic (exact) mass is 655 g/mol. The van der Waals surface area contributed by atoms with E-state index in [0.717, 1.165) is 65.3 Å². The summed E-state index contributed by atoms with van der Waals surface area (Å²) in [5.41, 5.74) is 4.86. The summed E-state index contributed by atoms with van der Waals surface area (Å²) in [6.07, 6.45) is 0. The van der Waals surface area contributed by atoms with E-state index >= 15 is 0 Å². The van der Waals surface area contributed by atoms with Crippen LogP contribution in [-0.2, 0) is 0 Å². The second-order valence-electron chi connectivity index (χ2n) is 12.9. The summed E-state index contributed by atoms with van der Waals surface area (Å²) < 4.78 is 85.9. The van der Waals surface area contributed by atoms with Gasteiger partial charge in [0, 0.05) is 16.2 Å². The van der Waals surface area contributed by atoms with Gasteiger partial charge in [0.2, 0.25) is 0 Å². The lowest BCUT2D eigenvalue weighted by Crippen LogP contribution is -1.92. The van der Waals surface area contributed by atoms with Crippen molar-refractivity contribution in [3.63, 3.8) is 0 Å². The van der Waals surface area contributed by atoms with Crippen LogP contribution >= 0.6 is 0 Å². The SMILES string of the molecule is [2H]c1c([2H])c(-c2cccc3ccc(-c4c5ccccc5c(-c5cccc6ccccc56)c5ccccc45)cc23)c2c(oc3c4c([2H])c([2H])c([2H])c([2H])c4c([2H])c([2H])c32)c1[2H]. The van der Waals surface area contributed by atoms with E-state index in [0.29, 0.717) is 5.56 Å². The molecule has 0 saturated heterocycles. The average Bonchev–Trinajstić information content (AvgIpc) is 3.67. The zero-order chi connectivity index (χ0) is 41.3. The van der Waals surface area contributed by atoms with Crippen LogP contribution in [-0.4, -0.2) is 0 Å². The van der Waals surface area contributed by atoms with Crippen LogP contribution in [0.3, 0.4) is 0 Å². The third-order valence-electron chi connectivity index (χ3n) is 10.2. The Morgan fingerprint density at radius 3 is 1.80 bits per heavy atom. The van der Waals surface area contributed by atoms with Gasteiger partial charge in [0.05, 0.1) is 12.3 Å². The molecule has 0 aliphatic heterocycles. The molecule has 0 fully saturated rings. The fourth-order valence-corrected chi connectivity index (χ4v) is 7.99. The first-order valence-corrected chi connectivity index (χ1v) is 16.9. The highest BCUT2D eigenvalue weighted by Gasteiger charge is 2.20. The number of benzene rings is 10. The Hall–Kier alpha value is -6.70. The predicted octanol–water partition coefficient (Wildman–Crippen LogP) is 14.4. The Kier molecular flexibility index (Phi) is 4.43. The lowest BCUT2D eigenvalue weighted by Gasteiger charge is -2.19. The molecule has 11 aromatic rings. The van der Waals surface area contributed by atoms with Gasteiger partial charge in [-0.1, -0.05) is 164 Å². The Bertz CT molecular complexity index is 3660. The first-order chi connectivity index (χ1) is 29.1. The predicted molar refractivity (Wildman–Crippen MR) is 218 cm³/mol. The van der Waals surface area contributed by atoms with Gasteiger partial charge in [-0.2, -0.15) is 0 Å². The van der Waals surface area contributed by atoms with E-state index in [1.54, 1.807) is 0 Å². The van der Waals surface area contributed by atoms with Crippen molar-refractivity contribution < 1.29 is 16.8 Å². The molecule has 0 atom stereocenters. The quantitative estimate of drug-likeness (QED) is 0.173. The van der Waals surface area contributed by atoms with E-state index in [2.05, 4.69) is 103 Å². The van der Waals surface area contributed by atoms with Crippen LogP contribution in [0.25, 0.3) is 109 Å². The molecule has 0 saturated carbocycles. The molecular formula is C50H30O. The van der Waals surface area contributed by atoms with Crippen molar-refractivity contribution in [2.75, 3.05) is 0 Å². The minimum Gasteiger partial charge on any atom is -0.455 e. The van der Waals surface area contributed by atoms with Gasteiger partial charge in [0.1, 0.15) is 11.2 Å². The molecule has 0 bridgehead atoms. The lowest BCUT2D eigenvalue weighted by molar-refractivity contribution is 0.673. The van der Waals surface area contributed by atoms with Crippen LogP contribution in [0.5, 0.6) is 0 Å². The normalized spacial score (nSPS) is 14.4. The summed E-state index contributed by atoms with van der Waals surface area (Å²) in [5.74, 6) is 0. The maximum Gasteiger partial charge on any atom is 0.143 e. The third-order valence-corrected chi connectivity index (χ3v) is 10.2. The molecule has 0 aliphatic carbocycles. The van der Waals surface area contributed by atoms with E-state index in [9.17, 15) is 2.74 Å². The minimum absolute atomic E-state index is 0.0544. The van der Waals surface area contributed by atoms with E-state index < -0.39 is 36.3 Å². The summed E-state index contributed by atoms with van der Waals surface area (Å²) in [6.45, 7) is 0. The second kappa shape index (κ2) is 10.9. The smallest absolute Gasteiger partial charge is 0.143 e. The van der Waals surface area contributed by atoms with E-state index in [1.807, 2.05) is 24.3 Å². The molecule has 51 heavy (non-hydrogen) atoms. The fraction of sp³-hybridized carbons (Fsp3) is 0. The van der Waals surface area contributed by atoms with E-state index in [1.165, 1.54) is 0 Å². The molecule has 1 heterocycles. The number of hydrogen-bond acceptors (Lipinski definition) is 1. The van der Waals surface area contributed by atoms with Gasteiger partial charge in [-0.3, -0.25) is 0 Å². The number of furan rings is 1. The molecule has 10 aromatic carbocycles. The molecular weight excluding hydrogens is 617 g/mol. The van der Waals surface area contributed by atoms with Gasteiger partial charge in [-0.15, -0.1) is 0 Å². The largest absolute Gasteiger partial charge is 0.455 e. The molecule has 11 rings (SSSR count). The third kappa shape index (κ3) is 4.16. The maximum atomic E-state index is 9.39. The Labute approximate surface area is 307 Å². The van der Waals surface area contributed by atoms with Crippen molar-refractivity contribution in [2.45, 2.75) is 0 Å². The van der Waals surface area contributed by atoms with Gasteiger partial charge in [0.25, 0.3) is 0 Å². The van der Waals surface area contributed by atoms with Crippen LogP contribution in [0.15, 0.2) is 186 Å². The second-order valence-corrected chi connectivity index (χ2v) is 12.9. The first-order valence-electron chi connectivity index (χ1n) is 21.4. The highest BCUT2D eigenvalue weighted by atomic mass is 16.3. The molecule has 0 N–H and O–H groups in total. The Balaban J connectivity index is 1.24. The van der Waals surface area contributed by atoms with Crippen molar-refractivity contribution in [3.8, 4) is 33.4 Å². The zero-order valence-corrected chi connectivity index (χ0v) is 27.0. The van der Waals surface area contributed by atoms with Crippen molar-refractivity contribution in [1.82, 2.24) is 0 Å². The van der Waals surface area contributed by atoms with Gasteiger partial charge < -0.3 is 4.42 Å². The molecule has 0 unspecified atom stereocenters. The molecule has 1 heteroatoms. The molecule has 0 amide bonds. The van der Waals surface area contributed by atoms with Gasteiger partial charge in [0.15, 0.2) is 0 Å². The van der Waals surface area contributed by atoms with E-state index in [-0.39, 0.29) is 56.4 Å². The fourth-order valence-electron chi connectivity index (χ4n) is 7.99. The first kappa shape index (κ1) is 20.7. The highest BCUT2D eigenvalue weighted by molar-refractivity contribution is 6.25. The van der Waals surface area contributed by atoms with Gasteiger partial charge in [-0.05, 0) is 100 Å². The van der Waals surface area contributed by atoms with Gasteiger partial charge >= 0.3 is 0 Å². The minimum atomic E-state index is -0.532. The summed E-state index contributed by atoms with van der Waals surface area (Å²) >= 11 is 0. The van der Waals surface area contributed by atoms with Crippen LogP contribution in [0.4, 0.5) is 0 Å². The molecule has 0 spiro atoms. The topological polar surface area (TPSA) is 13.1 Å². The summed E-state index contributed by atoms with van der Waals surface area (Å²) in [7, 11) is 0. The molecule has 236 valence electrons. The number of hydrogen-bond donors (Lipinski definition) is 0. The summed E-state index contributed by atoms with van der Waals surface area (Å²) in [4.78, 5) is 0. The van der Waals surface area contributed by atoms with E-state index in [4.69, 9.17) is 14.0 Å². The standard InChI is InChI=1S/C50H30O/c1-3-16-35-31(12-1)14-10-23-38(35)48-42-20-7-5-18-40(42)47(41-19-6-8-21-43(41)48)34-27-26-33-15-9-22-37(45(33)30-34)39-24-11-25-46-49(39)44-29-28-32-13-2-4-17-36(32)50(44)51-46/h1-30H/i2D,4D,11D,13D,17D,24D,25D,28D,29D. The molecule has 0 aliphatic rings.